The Hall–Kier alpha value is -2.06. The van der Waals surface area contributed by atoms with E-state index in [1.807, 2.05) is 6.07 Å². The maximum absolute atomic E-state index is 5.64. The Bertz CT molecular complexity index is 724. The van der Waals surface area contributed by atoms with E-state index in [9.17, 15) is 0 Å². The van der Waals surface area contributed by atoms with Crippen molar-refractivity contribution in [3.63, 3.8) is 0 Å². The van der Waals surface area contributed by atoms with Gasteiger partial charge in [0.2, 0.25) is 0 Å². The minimum atomic E-state index is 0.0142. The van der Waals surface area contributed by atoms with Crippen LogP contribution in [0.5, 0.6) is 11.5 Å². The monoisotopic (exact) mass is 422 g/mol. The van der Waals surface area contributed by atoms with E-state index in [4.69, 9.17) is 33.9 Å². The zero-order valence-corrected chi connectivity index (χ0v) is 18.6. The number of benzene rings is 1. The van der Waals surface area contributed by atoms with E-state index in [1.54, 1.807) is 20.3 Å². The van der Waals surface area contributed by atoms with E-state index in [0.29, 0.717) is 29.1 Å². The molecule has 6 nitrogen and oxygen atoms in total. The number of hydrogen-bond acceptors (Lipinski definition) is 4. The molecule has 0 radical (unpaired) electrons. The Labute approximate surface area is 178 Å². The maximum Gasteiger partial charge on any atom is 0.169 e. The summed E-state index contributed by atoms with van der Waals surface area (Å²) in [6, 6.07) is 4.39. The predicted molar refractivity (Wildman–Crippen MR) is 122 cm³/mol. The van der Waals surface area contributed by atoms with Gasteiger partial charge < -0.3 is 30.3 Å². The lowest BCUT2D eigenvalue weighted by Crippen LogP contribution is -2.50. The van der Waals surface area contributed by atoms with Crippen LogP contribution in [-0.2, 0) is 6.42 Å². The largest absolute Gasteiger partial charge is 0.493 e. The summed E-state index contributed by atoms with van der Waals surface area (Å²) >= 11 is 11.1. The molecule has 0 bridgehead atoms. The van der Waals surface area contributed by atoms with E-state index < -0.39 is 0 Å². The Morgan fingerprint density at radius 3 is 2.54 bits per heavy atom. The number of nitrogens with zero attached hydrogens (tertiary/aromatic N) is 1. The molecule has 2 rings (SSSR count). The average Bonchev–Trinajstić information content (AvgIpc) is 2.68. The molecule has 0 saturated carbocycles. The van der Waals surface area contributed by atoms with Crippen molar-refractivity contribution in [1.82, 2.24) is 20.9 Å². The first-order chi connectivity index (χ1) is 13.4. The number of ether oxygens (including phenoxy) is 2. The number of hydrogen-bond donors (Lipinski definition) is 3. The Morgan fingerprint density at radius 2 is 1.93 bits per heavy atom. The van der Waals surface area contributed by atoms with Gasteiger partial charge in [-0.2, -0.15) is 0 Å². The summed E-state index contributed by atoms with van der Waals surface area (Å²) in [6.45, 7) is 9.92. The fourth-order valence-electron chi connectivity index (χ4n) is 3.25. The zero-order chi connectivity index (χ0) is 20.7. The molecule has 1 atom stereocenters. The highest BCUT2D eigenvalue weighted by Crippen LogP contribution is 2.38. The van der Waals surface area contributed by atoms with Crippen molar-refractivity contribution in [2.24, 2.45) is 0 Å². The molecular weight excluding hydrogens is 392 g/mol. The summed E-state index contributed by atoms with van der Waals surface area (Å²) in [7, 11) is 3.30. The number of thiocarbonyl (C=S) groups is 2. The van der Waals surface area contributed by atoms with Crippen molar-refractivity contribution < 1.29 is 9.47 Å². The van der Waals surface area contributed by atoms with Gasteiger partial charge in [-0.15, -0.1) is 6.58 Å². The van der Waals surface area contributed by atoms with Crippen LogP contribution >= 0.6 is 24.4 Å². The number of methoxy groups -OCH3 is 2. The molecule has 1 aliphatic rings. The molecule has 1 aliphatic heterocycles. The van der Waals surface area contributed by atoms with Crippen LogP contribution < -0.4 is 25.4 Å². The lowest BCUT2D eigenvalue weighted by Gasteiger charge is -2.39. The van der Waals surface area contributed by atoms with Gasteiger partial charge in [0.05, 0.1) is 20.3 Å². The molecule has 1 heterocycles. The molecule has 0 aliphatic carbocycles. The lowest BCUT2D eigenvalue weighted by atomic mass is 9.92. The fourth-order valence-corrected chi connectivity index (χ4v) is 3.88. The number of rotatable bonds is 7. The van der Waals surface area contributed by atoms with Crippen LogP contribution in [0.2, 0.25) is 0 Å². The van der Waals surface area contributed by atoms with Gasteiger partial charge in [0.25, 0.3) is 0 Å². The van der Waals surface area contributed by atoms with E-state index in [0.717, 1.165) is 24.3 Å². The third-order valence-corrected chi connectivity index (χ3v) is 5.18. The van der Waals surface area contributed by atoms with Crippen LogP contribution in [0.1, 0.15) is 31.0 Å². The third-order valence-electron chi connectivity index (χ3n) is 4.54. The standard InChI is InChI=1S/C20H30N4O2S2/c1-6-8-21-20(28)24-9-7-14-10-17(25-4)18(26-5)11-15(14)16(24)12-22-19(27)23-13(2)3/h6,10-11,13,16H,1,7-9,12H2,2-5H3,(H,21,28)(H2,22,23,27). The van der Waals surface area contributed by atoms with Crippen molar-refractivity contribution in [1.29, 1.82) is 0 Å². The lowest BCUT2D eigenvalue weighted by molar-refractivity contribution is 0.290. The molecule has 8 heteroatoms. The van der Waals surface area contributed by atoms with Gasteiger partial charge in [-0.3, -0.25) is 0 Å². The van der Waals surface area contributed by atoms with Crippen LogP contribution in [0.3, 0.4) is 0 Å². The van der Waals surface area contributed by atoms with Crippen LogP contribution in [0, 0.1) is 0 Å². The molecule has 1 aromatic rings. The van der Waals surface area contributed by atoms with Crippen LogP contribution in [0.15, 0.2) is 24.8 Å². The SMILES string of the molecule is C=CCNC(=S)N1CCc2cc(OC)c(OC)cc2C1CNC(=S)NC(C)C. The van der Waals surface area contributed by atoms with Crippen LogP contribution in [0.25, 0.3) is 0 Å². The number of fused-ring (bicyclic) bond motifs is 1. The summed E-state index contributed by atoms with van der Waals surface area (Å²) in [5.41, 5.74) is 2.39. The molecule has 3 N–H and O–H groups in total. The molecule has 0 spiro atoms. The minimum Gasteiger partial charge on any atom is -0.493 e. The summed E-state index contributed by atoms with van der Waals surface area (Å²) in [5.74, 6) is 1.45. The average molecular weight is 423 g/mol. The normalized spacial score (nSPS) is 15.5. The van der Waals surface area contributed by atoms with Gasteiger partial charge in [0.15, 0.2) is 21.7 Å². The highest BCUT2D eigenvalue weighted by Gasteiger charge is 2.30. The van der Waals surface area contributed by atoms with Gasteiger partial charge in [-0.1, -0.05) is 6.08 Å². The van der Waals surface area contributed by atoms with Crippen molar-refractivity contribution in [3.05, 3.63) is 35.9 Å². The second-order valence-electron chi connectivity index (χ2n) is 6.85. The smallest absolute Gasteiger partial charge is 0.169 e. The minimum absolute atomic E-state index is 0.0142. The maximum atomic E-state index is 5.64. The molecule has 0 amide bonds. The van der Waals surface area contributed by atoms with Gasteiger partial charge in [-0.25, -0.2) is 0 Å². The second-order valence-corrected chi connectivity index (χ2v) is 7.64. The first-order valence-electron chi connectivity index (χ1n) is 9.35. The topological polar surface area (TPSA) is 57.8 Å². The highest BCUT2D eigenvalue weighted by molar-refractivity contribution is 7.80. The summed E-state index contributed by atoms with van der Waals surface area (Å²) in [6.07, 6.45) is 2.67. The third kappa shape index (κ3) is 5.48. The second kappa shape index (κ2) is 10.5. The fraction of sp³-hybridized carbons (Fsp3) is 0.500. The van der Waals surface area contributed by atoms with Crippen LogP contribution in [-0.4, -0.2) is 55.0 Å². The van der Waals surface area contributed by atoms with Gasteiger partial charge in [0, 0.05) is 25.7 Å². The summed E-state index contributed by atoms with van der Waals surface area (Å²) in [5, 5.41) is 11.1. The molecule has 1 aromatic carbocycles. The quantitative estimate of drug-likeness (QED) is 0.458. The first-order valence-corrected chi connectivity index (χ1v) is 10.2. The van der Waals surface area contributed by atoms with Gasteiger partial charge in [0.1, 0.15) is 0 Å². The Morgan fingerprint density at radius 1 is 1.25 bits per heavy atom. The molecule has 0 saturated heterocycles. The summed E-state index contributed by atoms with van der Waals surface area (Å²) in [4.78, 5) is 2.19. The first kappa shape index (κ1) is 22.2. The highest BCUT2D eigenvalue weighted by atomic mass is 32.1. The van der Waals surface area contributed by atoms with Crippen molar-refractivity contribution >= 4 is 34.7 Å². The van der Waals surface area contributed by atoms with E-state index in [1.165, 1.54) is 5.56 Å². The predicted octanol–water partition coefficient (Wildman–Crippen LogP) is 2.54. The molecule has 28 heavy (non-hydrogen) atoms. The molecule has 154 valence electrons. The zero-order valence-electron chi connectivity index (χ0n) is 17.0. The van der Waals surface area contributed by atoms with Crippen molar-refractivity contribution in [2.45, 2.75) is 32.4 Å². The van der Waals surface area contributed by atoms with Crippen LogP contribution in [0.4, 0.5) is 0 Å². The Kier molecular flexibility index (Phi) is 8.32. The molecule has 0 fully saturated rings. The van der Waals surface area contributed by atoms with E-state index in [-0.39, 0.29) is 12.1 Å². The molecule has 0 aromatic heterocycles. The van der Waals surface area contributed by atoms with Gasteiger partial charge >= 0.3 is 0 Å². The van der Waals surface area contributed by atoms with E-state index >= 15 is 0 Å². The molecule has 1 unspecified atom stereocenters. The number of nitrogens with one attached hydrogen (secondary N) is 3. The summed E-state index contributed by atoms with van der Waals surface area (Å²) < 4.78 is 11.0. The van der Waals surface area contributed by atoms with Crippen molar-refractivity contribution in [3.8, 4) is 11.5 Å². The Balaban J connectivity index is 2.32. The van der Waals surface area contributed by atoms with E-state index in [2.05, 4.69) is 47.3 Å². The van der Waals surface area contributed by atoms with Crippen molar-refractivity contribution in [2.75, 3.05) is 33.9 Å². The van der Waals surface area contributed by atoms with Gasteiger partial charge in [-0.05, 0) is 68.0 Å². The molecular formula is C20H30N4O2S2.